The van der Waals surface area contributed by atoms with Crippen LogP contribution in [-0.2, 0) is 20.8 Å². The first kappa shape index (κ1) is 22.1. The van der Waals surface area contributed by atoms with Crippen LogP contribution < -0.4 is 14.8 Å². The van der Waals surface area contributed by atoms with Crippen LogP contribution in [0.25, 0.3) is 6.08 Å². The maximum absolute atomic E-state index is 13.0. The van der Waals surface area contributed by atoms with Crippen LogP contribution in [0.15, 0.2) is 30.4 Å². The Morgan fingerprint density at radius 1 is 1.29 bits per heavy atom. The van der Waals surface area contributed by atoms with Crippen molar-refractivity contribution in [3.05, 3.63) is 41.5 Å². The molecule has 31 heavy (non-hydrogen) atoms. The highest BCUT2D eigenvalue weighted by atomic mass is 16.5. The molecule has 4 amide bonds. The topological polar surface area (TPSA) is 122 Å². The van der Waals surface area contributed by atoms with Gasteiger partial charge in [-0.1, -0.05) is 18.9 Å². The average Bonchev–Trinajstić information content (AvgIpc) is 3.24. The number of hydrogen-bond acceptors (Lipinski definition) is 6. The first-order valence-corrected chi connectivity index (χ1v) is 9.92. The van der Waals surface area contributed by atoms with Crippen molar-refractivity contribution in [2.45, 2.75) is 38.1 Å². The second-order valence-electron chi connectivity index (χ2n) is 7.32. The molecule has 2 fully saturated rings. The van der Waals surface area contributed by atoms with E-state index in [2.05, 4.69) is 11.9 Å². The molecule has 3 rings (SSSR count). The van der Waals surface area contributed by atoms with Gasteiger partial charge in [0.25, 0.3) is 11.8 Å². The first-order valence-electron chi connectivity index (χ1n) is 9.92. The molecule has 1 saturated heterocycles. The van der Waals surface area contributed by atoms with Crippen LogP contribution in [0, 0.1) is 0 Å². The lowest BCUT2D eigenvalue weighted by Gasteiger charge is -2.31. The van der Waals surface area contributed by atoms with Gasteiger partial charge in [-0.15, -0.1) is 6.58 Å². The van der Waals surface area contributed by atoms with Crippen LogP contribution in [0.3, 0.4) is 0 Å². The van der Waals surface area contributed by atoms with E-state index in [0.29, 0.717) is 30.4 Å². The number of aliphatic carboxylic acids is 1. The van der Waals surface area contributed by atoms with Crippen molar-refractivity contribution >= 4 is 29.9 Å². The molecule has 2 N–H and O–H groups in total. The van der Waals surface area contributed by atoms with Gasteiger partial charge in [0, 0.05) is 11.6 Å². The Labute approximate surface area is 179 Å². The lowest BCUT2D eigenvalue weighted by Crippen LogP contribution is -2.57. The molecule has 1 aliphatic carbocycles. The summed E-state index contributed by atoms with van der Waals surface area (Å²) in [6, 6.07) is 2.28. The van der Waals surface area contributed by atoms with E-state index in [9.17, 15) is 19.2 Å². The highest BCUT2D eigenvalue weighted by Gasteiger charge is 2.40. The molecule has 1 aromatic carbocycles. The van der Waals surface area contributed by atoms with E-state index in [1.165, 1.54) is 19.3 Å². The summed E-state index contributed by atoms with van der Waals surface area (Å²) in [5.41, 5.74) is 0.891. The Hall–Kier alpha value is -3.62. The predicted molar refractivity (Wildman–Crippen MR) is 111 cm³/mol. The van der Waals surface area contributed by atoms with Crippen molar-refractivity contribution in [2.75, 3.05) is 13.7 Å². The monoisotopic (exact) mass is 428 g/mol. The summed E-state index contributed by atoms with van der Waals surface area (Å²) in [6.07, 6.45) is 6.62. The number of rotatable bonds is 8. The van der Waals surface area contributed by atoms with Crippen LogP contribution in [0.1, 0.15) is 36.8 Å². The van der Waals surface area contributed by atoms with Gasteiger partial charge in [-0.25, -0.2) is 9.59 Å². The molecule has 0 radical (unpaired) electrons. The van der Waals surface area contributed by atoms with Crippen molar-refractivity contribution in [1.29, 1.82) is 0 Å². The van der Waals surface area contributed by atoms with Gasteiger partial charge >= 0.3 is 12.0 Å². The second-order valence-corrected chi connectivity index (χ2v) is 7.32. The molecule has 1 saturated carbocycles. The molecular formula is C22H24N2O7. The molecule has 0 spiro atoms. The van der Waals surface area contributed by atoms with Crippen molar-refractivity contribution < 1.29 is 33.8 Å². The molecule has 1 aliphatic heterocycles. The summed E-state index contributed by atoms with van der Waals surface area (Å²) in [5, 5.41) is 11.2. The van der Waals surface area contributed by atoms with E-state index in [0.717, 1.165) is 17.7 Å². The van der Waals surface area contributed by atoms with Crippen LogP contribution >= 0.6 is 0 Å². The minimum atomic E-state index is -1.14. The molecule has 2 aliphatic rings. The second kappa shape index (κ2) is 9.46. The highest BCUT2D eigenvalue weighted by Crippen LogP contribution is 2.35. The van der Waals surface area contributed by atoms with Gasteiger partial charge in [0.2, 0.25) is 0 Å². The van der Waals surface area contributed by atoms with Crippen LogP contribution in [0.5, 0.6) is 11.5 Å². The Balaban J connectivity index is 2.00. The number of allylic oxidation sites excluding steroid dienone is 1. The molecule has 0 bridgehead atoms. The van der Waals surface area contributed by atoms with Crippen molar-refractivity contribution in [3.63, 3.8) is 0 Å². The smallest absolute Gasteiger partial charge is 0.341 e. The fourth-order valence-corrected chi connectivity index (χ4v) is 3.86. The quantitative estimate of drug-likeness (QED) is 0.370. The number of benzene rings is 1. The van der Waals surface area contributed by atoms with Crippen LogP contribution in [0.4, 0.5) is 4.79 Å². The fraction of sp³-hybridized carbons (Fsp3) is 0.364. The van der Waals surface area contributed by atoms with E-state index in [4.69, 9.17) is 14.6 Å². The zero-order valence-corrected chi connectivity index (χ0v) is 17.2. The maximum Gasteiger partial charge on any atom is 0.341 e. The SMILES string of the molecule is C=CCc1cc(/C=C2\C(=O)NC(=O)N(C3CCCC3)C2=O)cc(OC)c1OCC(=O)O. The molecule has 0 atom stereocenters. The Bertz CT molecular complexity index is 961. The Morgan fingerprint density at radius 3 is 2.61 bits per heavy atom. The summed E-state index contributed by atoms with van der Waals surface area (Å²) < 4.78 is 10.7. The lowest BCUT2D eigenvalue weighted by atomic mass is 10.0. The largest absolute Gasteiger partial charge is 0.493 e. The number of nitrogens with zero attached hydrogens (tertiary/aromatic N) is 1. The highest BCUT2D eigenvalue weighted by molar-refractivity contribution is 6.31. The summed E-state index contributed by atoms with van der Waals surface area (Å²) in [4.78, 5) is 49.7. The Morgan fingerprint density at radius 2 is 2.00 bits per heavy atom. The number of urea groups is 1. The lowest BCUT2D eigenvalue weighted by molar-refractivity contribution is -0.139. The van der Waals surface area contributed by atoms with Gasteiger partial charge in [-0.05, 0) is 43.0 Å². The third-order valence-corrected chi connectivity index (χ3v) is 5.21. The number of imide groups is 2. The number of carboxylic acid groups (broad SMARTS) is 1. The van der Waals surface area contributed by atoms with Crippen LogP contribution in [-0.4, -0.2) is 53.6 Å². The average molecular weight is 428 g/mol. The molecule has 0 unspecified atom stereocenters. The molecule has 9 heteroatoms. The van der Waals surface area contributed by atoms with E-state index in [-0.39, 0.29) is 23.1 Å². The third-order valence-electron chi connectivity index (χ3n) is 5.21. The number of ether oxygens (including phenoxy) is 2. The normalized spacial score (nSPS) is 18.3. The number of hydrogen-bond donors (Lipinski definition) is 2. The molecule has 1 aromatic rings. The van der Waals surface area contributed by atoms with Gasteiger partial charge < -0.3 is 14.6 Å². The minimum Gasteiger partial charge on any atom is -0.493 e. The number of amides is 4. The van der Waals surface area contributed by atoms with E-state index in [1.54, 1.807) is 12.1 Å². The number of methoxy groups -OCH3 is 1. The van der Waals surface area contributed by atoms with E-state index in [1.807, 2.05) is 0 Å². The molecular weight excluding hydrogens is 404 g/mol. The van der Waals surface area contributed by atoms with Gasteiger partial charge in [-0.2, -0.15) is 0 Å². The number of carboxylic acids is 1. The van der Waals surface area contributed by atoms with Gasteiger partial charge in [0.05, 0.1) is 7.11 Å². The van der Waals surface area contributed by atoms with Crippen molar-refractivity contribution in [1.82, 2.24) is 10.2 Å². The molecule has 1 heterocycles. The van der Waals surface area contributed by atoms with Gasteiger partial charge in [-0.3, -0.25) is 19.8 Å². The standard InChI is InChI=1S/C22H24N2O7/c1-3-6-14-9-13(11-17(30-2)19(14)31-12-18(25)26)10-16-20(27)23-22(29)24(21(16)28)15-7-4-5-8-15/h3,9-11,15H,1,4-8,12H2,2H3,(H,25,26)(H,23,27,29)/b16-10+. The maximum atomic E-state index is 13.0. The fourth-order valence-electron chi connectivity index (χ4n) is 3.86. The van der Waals surface area contributed by atoms with Gasteiger partial charge in [0.1, 0.15) is 5.57 Å². The molecule has 0 aromatic heterocycles. The number of carbonyl (C=O) groups is 4. The molecule has 9 nitrogen and oxygen atoms in total. The van der Waals surface area contributed by atoms with E-state index >= 15 is 0 Å². The number of carbonyl (C=O) groups excluding carboxylic acids is 3. The zero-order valence-electron chi connectivity index (χ0n) is 17.2. The Kier molecular flexibility index (Phi) is 6.74. The van der Waals surface area contributed by atoms with Crippen LogP contribution in [0.2, 0.25) is 0 Å². The van der Waals surface area contributed by atoms with Crippen molar-refractivity contribution in [3.8, 4) is 11.5 Å². The number of barbiturate groups is 1. The molecule has 164 valence electrons. The third kappa shape index (κ3) is 4.76. The summed E-state index contributed by atoms with van der Waals surface area (Å²) >= 11 is 0. The first-order chi connectivity index (χ1) is 14.8. The van der Waals surface area contributed by atoms with Crippen molar-refractivity contribution in [2.24, 2.45) is 0 Å². The van der Waals surface area contributed by atoms with Gasteiger partial charge in [0.15, 0.2) is 18.1 Å². The zero-order chi connectivity index (χ0) is 22.5. The summed E-state index contributed by atoms with van der Waals surface area (Å²) in [7, 11) is 1.40. The predicted octanol–water partition coefficient (Wildman–Crippen LogP) is 2.29. The summed E-state index contributed by atoms with van der Waals surface area (Å²) in [5.74, 6) is -2.04. The summed E-state index contributed by atoms with van der Waals surface area (Å²) in [6.45, 7) is 3.13. The minimum absolute atomic E-state index is 0.155. The number of nitrogens with one attached hydrogen (secondary N) is 1. The van der Waals surface area contributed by atoms with E-state index < -0.39 is 30.4 Å².